The topological polar surface area (TPSA) is 68.5 Å². The Morgan fingerprint density at radius 2 is 2.07 bits per heavy atom. The second kappa shape index (κ2) is 7.84. The average Bonchev–Trinajstić information content (AvgIpc) is 3.30. The van der Waals surface area contributed by atoms with E-state index in [0.717, 1.165) is 16.9 Å². The van der Waals surface area contributed by atoms with E-state index in [0.29, 0.717) is 37.8 Å². The lowest BCUT2D eigenvalue weighted by atomic mass is 10.1. The molecule has 144 valence electrons. The molecule has 1 unspecified atom stereocenters. The summed E-state index contributed by atoms with van der Waals surface area (Å²) in [6.45, 7) is 5.74. The highest BCUT2D eigenvalue weighted by atomic mass is 16.5. The van der Waals surface area contributed by atoms with Crippen molar-refractivity contribution in [3.8, 4) is 17.1 Å². The molecule has 4 rings (SSSR count). The highest BCUT2D eigenvalue weighted by Crippen LogP contribution is 2.32. The molecule has 1 atom stereocenters. The van der Waals surface area contributed by atoms with E-state index in [1.165, 1.54) is 5.56 Å². The van der Waals surface area contributed by atoms with E-state index in [4.69, 9.17) is 9.26 Å². The number of rotatable bonds is 6. The first kappa shape index (κ1) is 18.2. The van der Waals surface area contributed by atoms with Crippen LogP contribution in [0.3, 0.4) is 0 Å². The number of benzene rings is 2. The summed E-state index contributed by atoms with van der Waals surface area (Å²) in [5.74, 6) is 1.74. The summed E-state index contributed by atoms with van der Waals surface area (Å²) < 4.78 is 11.2. The number of nitrogens with zero attached hydrogens (tertiary/aromatic N) is 3. The van der Waals surface area contributed by atoms with E-state index in [2.05, 4.69) is 29.2 Å². The number of hydrogen-bond donors (Lipinski definition) is 0. The average molecular weight is 377 g/mol. The van der Waals surface area contributed by atoms with Gasteiger partial charge in [0.15, 0.2) is 0 Å². The van der Waals surface area contributed by atoms with Gasteiger partial charge in [0.05, 0.1) is 18.1 Å². The Morgan fingerprint density at radius 3 is 2.89 bits per heavy atom. The van der Waals surface area contributed by atoms with E-state index in [1.807, 2.05) is 48.2 Å². The van der Waals surface area contributed by atoms with Crippen molar-refractivity contribution in [1.82, 2.24) is 15.0 Å². The van der Waals surface area contributed by atoms with Crippen LogP contribution in [-0.2, 0) is 11.3 Å². The summed E-state index contributed by atoms with van der Waals surface area (Å²) in [5, 5.41) is 4.12. The molecule has 3 aromatic rings. The van der Waals surface area contributed by atoms with Gasteiger partial charge in [0.2, 0.25) is 17.6 Å². The Kier molecular flexibility index (Phi) is 5.10. The first-order valence-electron chi connectivity index (χ1n) is 9.53. The van der Waals surface area contributed by atoms with Gasteiger partial charge in [-0.3, -0.25) is 4.79 Å². The molecule has 1 aliphatic heterocycles. The van der Waals surface area contributed by atoms with Gasteiger partial charge in [-0.2, -0.15) is 4.98 Å². The lowest BCUT2D eigenvalue weighted by Gasteiger charge is -2.16. The molecule has 0 spiro atoms. The normalized spacial score (nSPS) is 16.6. The fourth-order valence-electron chi connectivity index (χ4n) is 3.56. The Bertz CT molecular complexity index is 982. The molecule has 0 aliphatic carbocycles. The van der Waals surface area contributed by atoms with Gasteiger partial charge in [-0.25, -0.2) is 0 Å². The number of aromatic nitrogens is 2. The third-order valence-corrected chi connectivity index (χ3v) is 4.89. The predicted octanol–water partition coefficient (Wildman–Crippen LogP) is 3.96. The standard InChI is InChI=1S/C22H23N3O3/c1-3-27-19-10-5-4-9-18(19)21-23-22(28-24-21)17-12-20(26)25(14-17)13-16-8-6-7-15(2)11-16/h4-11,17H,3,12-14H2,1-2H3. The summed E-state index contributed by atoms with van der Waals surface area (Å²) in [4.78, 5) is 18.9. The van der Waals surface area contributed by atoms with Crippen molar-refractivity contribution in [3.05, 3.63) is 65.5 Å². The lowest BCUT2D eigenvalue weighted by Crippen LogP contribution is -2.24. The SMILES string of the molecule is CCOc1ccccc1-c1noc(C2CC(=O)N(Cc3cccc(C)c3)C2)n1. The second-order valence-corrected chi connectivity index (χ2v) is 7.05. The predicted molar refractivity (Wildman–Crippen MR) is 105 cm³/mol. The molecule has 2 heterocycles. The Labute approximate surface area is 164 Å². The summed E-state index contributed by atoms with van der Waals surface area (Å²) in [6, 6.07) is 15.8. The zero-order chi connectivity index (χ0) is 19.5. The second-order valence-electron chi connectivity index (χ2n) is 7.05. The van der Waals surface area contributed by atoms with Crippen LogP contribution in [0.1, 0.15) is 36.3 Å². The Morgan fingerprint density at radius 1 is 1.21 bits per heavy atom. The van der Waals surface area contributed by atoms with Crippen LogP contribution in [0.15, 0.2) is 53.1 Å². The van der Waals surface area contributed by atoms with Crippen LogP contribution in [0, 0.1) is 6.92 Å². The summed E-state index contributed by atoms with van der Waals surface area (Å²) >= 11 is 0. The molecule has 6 nitrogen and oxygen atoms in total. The molecule has 2 aromatic carbocycles. The quantitative estimate of drug-likeness (QED) is 0.650. The van der Waals surface area contributed by atoms with Gasteiger partial charge < -0.3 is 14.2 Å². The molecule has 1 aromatic heterocycles. The van der Waals surface area contributed by atoms with Gasteiger partial charge in [-0.1, -0.05) is 47.1 Å². The molecule has 1 saturated heterocycles. The van der Waals surface area contributed by atoms with E-state index in [1.54, 1.807) is 0 Å². The van der Waals surface area contributed by atoms with E-state index in [9.17, 15) is 4.79 Å². The van der Waals surface area contributed by atoms with Gasteiger partial charge in [0.1, 0.15) is 5.75 Å². The summed E-state index contributed by atoms with van der Waals surface area (Å²) in [7, 11) is 0. The molecule has 1 amide bonds. The van der Waals surface area contributed by atoms with Crippen molar-refractivity contribution in [2.24, 2.45) is 0 Å². The van der Waals surface area contributed by atoms with E-state index >= 15 is 0 Å². The van der Waals surface area contributed by atoms with Gasteiger partial charge in [0, 0.05) is 19.5 Å². The number of ether oxygens (including phenoxy) is 1. The molecule has 0 radical (unpaired) electrons. The number of carbonyl (C=O) groups is 1. The van der Waals surface area contributed by atoms with Gasteiger partial charge >= 0.3 is 0 Å². The minimum atomic E-state index is -0.0854. The Balaban J connectivity index is 1.50. The fourth-order valence-corrected chi connectivity index (χ4v) is 3.56. The van der Waals surface area contributed by atoms with Gasteiger partial charge in [-0.15, -0.1) is 0 Å². The fraction of sp³-hybridized carbons (Fsp3) is 0.318. The van der Waals surface area contributed by atoms with Crippen molar-refractivity contribution in [2.45, 2.75) is 32.7 Å². The third-order valence-electron chi connectivity index (χ3n) is 4.89. The van der Waals surface area contributed by atoms with Crippen LogP contribution in [0.4, 0.5) is 0 Å². The van der Waals surface area contributed by atoms with Crippen molar-refractivity contribution < 1.29 is 14.1 Å². The van der Waals surface area contributed by atoms with Crippen LogP contribution >= 0.6 is 0 Å². The largest absolute Gasteiger partial charge is 0.493 e. The number of amides is 1. The van der Waals surface area contributed by atoms with Crippen LogP contribution < -0.4 is 4.74 Å². The van der Waals surface area contributed by atoms with Crippen molar-refractivity contribution >= 4 is 5.91 Å². The third kappa shape index (κ3) is 3.76. The highest BCUT2D eigenvalue weighted by Gasteiger charge is 2.34. The summed E-state index contributed by atoms with van der Waals surface area (Å²) in [5.41, 5.74) is 3.11. The van der Waals surface area contributed by atoms with Crippen molar-refractivity contribution in [3.63, 3.8) is 0 Å². The molecule has 1 aliphatic rings. The first-order valence-corrected chi connectivity index (χ1v) is 9.53. The monoisotopic (exact) mass is 377 g/mol. The maximum Gasteiger partial charge on any atom is 0.232 e. The minimum absolute atomic E-state index is 0.0854. The van der Waals surface area contributed by atoms with E-state index in [-0.39, 0.29) is 11.8 Å². The Hall–Kier alpha value is -3.15. The number of aryl methyl sites for hydroxylation is 1. The van der Waals surface area contributed by atoms with Crippen LogP contribution in [0.5, 0.6) is 5.75 Å². The lowest BCUT2D eigenvalue weighted by molar-refractivity contribution is -0.128. The molecular formula is C22H23N3O3. The van der Waals surface area contributed by atoms with Crippen LogP contribution in [0.25, 0.3) is 11.4 Å². The number of hydrogen-bond acceptors (Lipinski definition) is 5. The number of likely N-dealkylation sites (tertiary alicyclic amines) is 1. The van der Waals surface area contributed by atoms with Gasteiger partial charge in [-0.05, 0) is 31.5 Å². The molecule has 0 bridgehead atoms. The molecule has 28 heavy (non-hydrogen) atoms. The molecule has 0 saturated carbocycles. The van der Waals surface area contributed by atoms with Crippen molar-refractivity contribution in [2.75, 3.05) is 13.2 Å². The number of carbonyl (C=O) groups excluding carboxylic acids is 1. The smallest absolute Gasteiger partial charge is 0.232 e. The molecular weight excluding hydrogens is 354 g/mol. The molecule has 6 heteroatoms. The number of para-hydroxylation sites is 1. The summed E-state index contributed by atoms with van der Waals surface area (Å²) in [6.07, 6.45) is 0.389. The first-order chi connectivity index (χ1) is 13.6. The van der Waals surface area contributed by atoms with Gasteiger partial charge in [0.25, 0.3) is 0 Å². The minimum Gasteiger partial charge on any atom is -0.493 e. The van der Waals surface area contributed by atoms with Crippen molar-refractivity contribution in [1.29, 1.82) is 0 Å². The maximum atomic E-state index is 12.5. The zero-order valence-corrected chi connectivity index (χ0v) is 16.1. The van der Waals surface area contributed by atoms with E-state index < -0.39 is 0 Å². The van der Waals surface area contributed by atoms with Crippen LogP contribution in [-0.4, -0.2) is 34.1 Å². The highest BCUT2D eigenvalue weighted by molar-refractivity contribution is 5.79. The zero-order valence-electron chi connectivity index (χ0n) is 16.1. The molecule has 1 fully saturated rings. The van der Waals surface area contributed by atoms with Crippen LogP contribution in [0.2, 0.25) is 0 Å². The molecule has 0 N–H and O–H groups in total. The maximum absolute atomic E-state index is 12.5.